The normalized spacial score (nSPS) is 22.0. The molecule has 0 N–H and O–H groups in total. The van der Waals surface area contributed by atoms with E-state index in [1.807, 2.05) is 18.7 Å². The molecule has 1 amide bonds. The summed E-state index contributed by atoms with van der Waals surface area (Å²) in [6.07, 6.45) is 3.42. The monoisotopic (exact) mass is 565 g/mol. The van der Waals surface area contributed by atoms with Crippen molar-refractivity contribution in [3.63, 3.8) is 0 Å². The van der Waals surface area contributed by atoms with Gasteiger partial charge in [0.1, 0.15) is 0 Å². The Morgan fingerprint density at radius 2 is 1.58 bits per heavy atom. The van der Waals surface area contributed by atoms with E-state index < -0.39 is 25.8 Å². The molecule has 2 aliphatic heterocycles. The maximum absolute atomic E-state index is 13.4. The van der Waals surface area contributed by atoms with Gasteiger partial charge in [-0.3, -0.25) is 4.79 Å². The summed E-state index contributed by atoms with van der Waals surface area (Å²) in [7, 11) is -7.27. The number of rotatable bonds is 7. The van der Waals surface area contributed by atoms with Crippen molar-refractivity contribution in [1.82, 2.24) is 19.3 Å². The lowest BCUT2D eigenvalue weighted by Crippen LogP contribution is -2.53. The largest absolute Gasteiger partial charge is 0.339 e. The molecule has 1 atom stereocenters. The molecule has 5 rings (SSSR count). The quantitative estimate of drug-likeness (QED) is 0.495. The van der Waals surface area contributed by atoms with Crippen molar-refractivity contribution in [2.75, 3.05) is 44.2 Å². The number of sulfone groups is 1. The maximum atomic E-state index is 13.4. The van der Waals surface area contributed by atoms with Crippen molar-refractivity contribution >= 4 is 31.8 Å². The number of amides is 1. The molecule has 1 aromatic heterocycles. The van der Waals surface area contributed by atoms with Crippen LogP contribution in [-0.2, 0) is 24.7 Å². The fourth-order valence-corrected chi connectivity index (χ4v) is 8.53. The summed E-state index contributed by atoms with van der Waals surface area (Å²) in [5, 5.41) is 3.63. The Morgan fingerprint density at radius 3 is 2.16 bits per heavy atom. The molecule has 1 saturated carbocycles. The van der Waals surface area contributed by atoms with Gasteiger partial charge in [-0.15, -0.1) is 0 Å². The van der Waals surface area contributed by atoms with E-state index in [9.17, 15) is 21.6 Å². The Labute approximate surface area is 224 Å². The predicted octanol–water partition coefficient (Wildman–Crippen LogP) is 2.27. The van der Waals surface area contributed by atoms with Gasteiger partial charge >= 0.3 is 6.01 Å². The van der Waals surface area contributed by atoms with Crippen molar-refractivity contribution in [3.05, 3.63) is 30.1 Å². The molecule has 0 spiro atoms. The summed E-state index contributed by atoms with van der Waals surface area (Å²) < 4.78 is 58.8. The predicted molar refractivity (Wildman–Crippen MR) is 140 cm³/mol. The van der Waals surface area contributed by atoms with E-state index in [0.29, 0.717) is 70.2 Å². The second-order valence-electron chi connectivity index (χ2n) is 10.7. The fourth-order valence-electron chi connectivity index (χ4n) is 5.15. The second-order valence-corrected chi connectivity index (χ2v) is 14.8. The first-order valence-corrected chi connectivity index (χ1v) is 16.3. The van der Waals surface area contributed by atoms with Crippen LogP contribution in [0.5, 0.6) is 0 Å². The zero-order chi connectivity index (χ0) is 27.1. The van der Waals surface area contributed by atoms with Gasteiger partial charge < -0.3 is 14.3 Å². The van der Waals surface area contributed by atoms with Gasteiger partial charge in [0, 0.05) is 45.2 Å². The Bertz CT molecular complexity index is 1360. The van der Waals surface area contributed by atoms with Crippen LogP contribution >= 0.6 is 0 Å². The van der Waals surface area contributed by atoms with Crippen LogP contribution in [0.25, 0.3) is 0 Å². The number of carbonyl (C=O) groups is 1. The number of nitrogens with zero attached hydrogens (tertiary/aromatic N) is 5. The molecule has 0 bridgehead atoms. The molecule has 38 heavy (non-hydrogen) atoms. The van der Waals surface area contributed by atoms with Crippen LogP contribution in [0.4, 0.5) is 6.01 Å². The van der Waals surface area contributed by atoms with E-state index in [2.05, 4.69) is 10.1 Å². The van der Waals surface area contributed by atoms with Crippen molar-refractivity contribution in [2.24, 2.45) is 5.92 Å². The molecule has 1 aliphatic carbocycles. The summed E-state index contributed by atoms with van der Waals surface area (Å²) in [6.45, 7) is 6.56. The third-order valence-electron chi connectivity index (χ3n) is 7.82. The Morgan fingerprint density at radius 1 is 0.921 bits per heavy atom. The van der Waals surface area contributed by atoms with Gasteiger partial charge in [0.2, 0.25) is 15.9 Å². The number of piperazine rings is 1. The number of anilines is 1. The summed E-state index contributed by atoms with van der Waals surface area (Å²) in [5.41, 5.74) is 0. The van der Waals surface area contributed by atoms with Gasteiger partial charge in [-0.1, -0.05) is 25.4 Å². The van der Waals surface area contributed by atoms with Gasteiger partial charge in [0.05, 0.1) is 21.0 Å². The summed E-state index contributed by atoms with van der Waals surface area (Å²) in [4.78, 5) is 21.7. The highest BCUT2D eigenvalue weighted by Gasteiger charge is 2.37. The van der Waals surface area contributed by atoms with Crippen molar-refractivity contribution in [2.45, 2.75) is 66.9 Å². The molecule has 11 nitrogen and oxygen atoms in total. The average molecular weight is 566 g/mol. The molecule has 3 heterocycles. The van der Waals surface area contributed by atoms with Crippen LogP contribution in [0.1, 0.15) is 57.7 Å². The fraction of sp³-hybridized carbons (Fsp3) is 0.640. The highest BCUT2D eigenvalue weighted by Crippen LogP contribution is 2.32. The van der Waals surface area contributed by atoms with Crippen LogP contribution in [0.2, 0.25) is 0 Å². The lowest BCUT2D eigenvalue weighted by molar-refractivity contribution is -0.137. The SMILES string of the molecule is CC(C)c1noc(N2CCN(C(=O)[C@@H]3CCCN(S(=O)(=O)c4ccc(S(=O)(=O)C5CCC5)cc4)C3)CC2)n1. The van der Waals surface area contributed by atoms with Crippen molar-refractivity contribution in [1.29, 1.82) is 0 Å². The Balaban J connectivity index is 1.20. The second kappa shape index (κ2) is 10.6. The van der Waals surface area contributed by atoms with Crippen LogP contribution in [0.3, 0.4) is 0 Å². The summed E-state index contributed by atoms with van der Waals surface area (Å²) >= 11 is 0. The van der Waals surface area contributed by atoms with Gasteiger partial charge in [-0.05, 0) is 49.9 Å². The number of aromatic nitrogens is 2. The molecule has 0 unspecified atom stereocenters. The first-order valence-electron chi connectivity index (χ1n) is 13.3. The molecule has 2 saturated heterocycles. The molecular weight excluding hydrogens is 530 g/mol. The molecule has 3 fully saturated rings. The van der Waals surface area contributed by atoms with Crippen molar-refractivity contribution in [3.8, 4) is 0 Å². The van der Waals surface area contributed by atoms with Crippen LogP contribution < -0.4 is 4.90 Å². The van der Waals surface area contributed by atoms with Crippen molar-refractivity contribution < 1.29 is 26.2 Å². The van der Waals surface area contributed by atoms with Crippen LogP contribution in [0.15, 0.2) is 38.6 Å². The zero-order valence-electron chi connectivity index (χ0n) is 21.8. The first-order chi connectivity index (χ1) is 18.1. The van der Waals surface area contributed by atoms with E-state index in [0.717, 1.165) is 6.42 Å². The third-order valence-corrected chi connectivity index (χ3v) is 12.0. The molecule has 2 aromatic rings. The minimum Gasteiger partial charge on any atom is -0.339 e. The smallest absolute Gasteiger partial charge is 0.324 e. The van der Waals surface area contributed by atoms with E-state index in [1.165, 1.54) is 28.6 Å². The lowest BCUT2D eigenvalue weighted by atomic mass is 9.98. The number of hydrogen-bond donors (Lipinski definition) is 0. The minimum atomic E-state index is -3.85. The number of hydrogen-bond acceptors (Lipinski definition) is 9. The van der Waals surface area contributed by atoms with E-state index in [-0.39, 0.29) is 33.4 Å². The Hall–Kier alpha value is -2.51. The maximum Gasteiger partial charge on any atom is 0.324 e. The number of carbonyl (C=O) groups excluding carboxylic acids is 1. The molecular formula is C25H35N5O6S2. The average Bonchev–Trinajstić information content (AvgIpc) is 3.38. The molecule has 3 aliphatic rings. The highest BCUT2D eigenvalue weighted by molar-refractivity contribution is 7.92. The van der Waals surface area contributed by atoms with Gasteiger partial charge in [0.25, 0.3) is 0 Å². The molecule has 13 heteroatoms. The number of sulfonamides is 1. The molecule has 208 valence electrons. The molecule has 1 aromatic carbocycles. The van der Waals surface area contributed by atoms with Crippen LogP contribution in [0, 0.1) is 5.92 Å². The van der Waals surface area contributed by atoms with E-state index in [4.69, 9.17) is 4.52 Å². The first kappa shape index (κ1) is 27.1. The minimum absolute atomic E-state index is 0.0418. The highest BCUT2D eigenvalue weighted by atomic mass is 32.2. The standard InChI is InChI=1S/C25H35N5O6S2/c1-18(2)23-26-25(36-27-23)29-15-13-28(14-16-29)24(31)19-5-4-12-30(17-19)38(34,35)22-10-8-21(9-11-22)37(32,33)20-6-3-7-20/h8-11,18-20H,3-7,12-17H2,1-2H3/t19-/m1/s1. The summed E-state index contributed by atoms with van der Waals surface area (Å²) in [5.74, 6) is 0.356. The summed E-state index contributed by atoms with van der Waals surface area (Å²) in [6, 6.07) is 5.98. The van der Waals surface area contributed by atoms with Gasteiger partial charge in [-0.25, -0.2) is 16.8 Å². The Kier molecular flexibility index (Phi) is 7.53. The van der Waals surface area contributed by atoms with E-state index >= 15 is 0 Å². The number of piperidine rings is 1. The lowest BCUT2D eigenvalue weighted by Gasteiger charge is -2.38. The zero-order valence-corrected chi connectivity index (χ0v) is 23.5. The van der Waals surface area contributed by atoms with Gasteiger partial charge in [0.15, 0.2) is 15.7 Å². The van der Waals surface area contributed by atoms with Gasteiger partial charge in [-0.2, -0.15) is 9.29 Å². The molecule has 0 radical (unpaired) electrons. The topological polar surface area (TPSA) is 134 Å². The van der Waals surface area contributed by atoms with Crippen LogP contribution in [-0.4, -0.2) is 86.6 Å². The van der Waals surface area contributed by atoms with E-state index in [1.54, 1.807) is 4.90 Å². The third kappa shape index (κ3) is 5.20. The number of benzene rings is 1.